The van der Waals surface area contributed by atoms with Crippen LogP contribution in [0.15, 0.2) is 24.3 Å². The summed E-state index contributed by atoms with van der Waals surface area (Å²) in [7, 11) is 0. The van der Waals surface area contributed by atoms with Crippen molar-refractivity contribution in [2.75, 3.05) is 0 Å². The van der Waals surface area contributed by atoms with Crippen LogP contribution in [0.2, 0.25) is 0 Å². The molecular weight excluding hydrogens is 244 g/mol. The topological polar surface area (TPSA) is 17.1 Å². The number of carbonyl (C=O) groups is 1. The normalized spacial score (nSPS) is 26.6. The number of carbonyl (C=O) groups excluding carboxylic acids is 1. The summed E-state index contributed by atoms with van der Waals surface area (Å²) in [5.41, 5.74) is 2.90. The lowest BCUT2D eigenvalue weighted by atomic mass is 9.65. The molecule has 108 valence electrons. The van der Waals surface area contributed by atoms with Gasteiger partial charge in [0.2, 0.25) is 0 Å². The van der Waals surface area contributed by atoms with Crippen LogP contribution in [0.4, 0.5) is 0 Å². The van der Waals surface area contributed by atoms with Gasteiger partial charge in [-0.25, -0.2) is 0 Å². The minimum Gasteiger partial charge on any atom is -0.298 e. The van der Waals surface area contributed by atoms with Crippen LogP contribution in [0.3, 0.4) is 0 Å². The fourth-order valence-electron chi connectivity index (χ4n) is 4.66. The third kappa shape index (κ3) is 2.68. The van der Waals surface area contributed by atoms with E-state index in [-0.39, 0.29) is 0 Å². The van der Waals surface area contributed by atoms with Gasteiger partial charge >= 0.3 is 0 Å². The first kappa shape index (κ1) is 13.9. The lowest BCUT2D eigenvalue weighted by molar-refractivity contribution is 0.112. The summed E-state index contributed by atoms with van der Waals surface area (Å²) in [6.07, 6.45) is 12.5. The Kier molecular flexibility index (Phi) is 3.96. The van der Waals surface area contributed by atoms with Crippen LogP contribution in [-0.2, 0) is 0 Å². The second-order valence-electron chi connectivity index (χ2n) is 7.14. The molecule has 0 bridgehead atoms. The molecule has 2 saturated carbocycles. The zero-order valence-electron chi connectivity index (χ0n) is 12.6. The Hall–Kier alpha value is -1.11. The fourth-order valence-corrected chi connectivity index (χ4v) is 4.66. The van der Waals surface area contributed by atoms with E-state index in [9.17, 15) is 4.79 Å². The molecule has 0 aromatic heterocycles. The molecule has 1 aromatic carbocycles. The summed E-state index contributed by atoms with van der Waals surface area (Å²) in [6.45, 7) is 2.38. The third-order valence-electron chi connectivity index (χ3n) is 5.95. The molecule has 1 nitrogen and oxygen atoms in total. The van der Waals surface area contributed by atoms with Crippen LogP contribution < -0.4 is 0 Å². The van der Waals surface area contributed by atoms with Crippen molar-refractivity contribution in [1.29, 1.82) is 0 Å². The van der Waals surface area contributed by atoms with E-state index in [4.69, 9.17) is 0 Å². The monoisotopic (exact) mass is 270 g/mol. The van der Waals surface area contributed by atoms with Gasteiger partial charge in [0.15, 0.2) is 0 Å². The van der Waals surface area contributed by atoms with Gasteiger partial charge in [-0.05, 0) is 54.9 Å². The maximum atomic E-state index is 10.8. The third-order valence-corrected chi connectivity index (χ3v) is 5.95. The van der Waals surface area contributed by atoms with Crippen LogP contribution in [0.1, 0.15) is 80.1 Å². The zero-order chi connectivity index (χ0) is 14.0. The average molecular weight is 270 g/mol. The standard InChI is InChI=1S/C19H26O/c1-15(17-8-6-16(14-20)7-9-17)18-5-4-12-19(13-18)10-2-3-11-19/h6-9,14-15,18H,2-5,10-13H2,1H3. The molecule has 3 rings (SSSR count). The summed E-state index contributed by atoms with van der Waals surface area (Å²) < 4.78 is 0. The van der Waals surface area contributed by atoms with Crippen LogP contribution >= 0.6 is 0 Å². The van der Waals surface area contributed by atoms with E-state index in [1.807, 2.05) is 12.1 Å². The second kappa shape index (κ2) is 5.71. The Morgan fingerprint density at radius 3 is 2.40 bits per heavy atom. The summed E-state index contributed by atoms with van der Waals surface area (Å²) >= 11 is 0. The summed E-state index contributed by atoms with van der Waals surface area (Å²) in [4.78, 5) is 10.8. The molecule has 1 aromatic rings. The first-order valence-corrected chi connectivity index (χ1v) is 8.28. The van der Waals surface area contributed by atoms with Gasteiger partial charge in [-0.1, -0.05) is 50.5 Å². The van der Waals surface area contributed by atoms with Gasteiger partial charge in [-0.2, -0.15) is 0 Å². The molecule has 2 aliphatic rings. The van der Waals surface area contributed by atoms with Gasteiger partial charge in [0.25, 0.3) is 0 Å². The molecule has 1 heteroatoms. The smallest absolute Gasteiger partial charge is 0.150 e. The summed E-state index contributed by atoms with van der Waals surface area (Å²) in [5.74, 6) is 1.47. The first-order chi connectivity index (χ1) is 9.72. The van der Waals surface area contributed by atoms with Crippen molar-refractivity contribution in [3.63, 3.8) is 0 Å². The van der Waals surface area contributed by atoms with Crippen LogP contribution in [0, 0.1) is 11.3 Å². The van der Waals surface area contributed by atoms with Crippen molar-refractivity contribution in [3.05, 3.63) is 35.4 Å². The zero-order valence-corrected chi connectivity index (χ0v) is 12.6. The van der Waals surface area contributed by atoms with Crippen LogP contribution in [0.5, 0.6) is 0 Å². The van der Waals surface area contributed by atoms with Crippen LogP contribution in [-0.4, -0.2) is 6.29 Å². The van der Waals surface area contributed by atoms with Crippen molar-refractivity contribution in [3.8, 4) is 0 Å². The Balaban J connectivity index is 1.72. The van der Waals surface area contributed by atoms with Crippen molar-refractivity contribution < 1.29 is 4.79 Å². The highest BCUT2D eigenvalue weighted by Gasteiger charge is 2.39. The predicted molar refractivity (Wildman–Crippen MR) is 83.1 cm³/mol. The van der Waals surface area contributed by atoms with Gasteiger partial charge in [0.1, 0.15) is 6.29 Å². The maximum Gasteiger partial charge on any atom is 0.150 e. The number of benzene rings is 1. The fraction of sp³-hybridized carbons (Fsp3) is 0.632. The van der Waals surface area contributed by atoms with E-state index in [0.29, 0.717) is 11.3 Å². The maximum absolute atomic E-state index is 10.8. The molecule has 20 heavy (non-hydrogen) atoms. The molecular formula is C19H26O. The van der Waals surface area contributed by atoms with E-state index in [1.54, 1.807) is 0 Å². The number of rotatable bonds is 3. The van der Waals surface area contributed by atoms with Crippen molar-refractivity contribution >= 4 is 6.29 Å². The lowest BCUT2D eigenvalue weighted by Gasteiger charge is -2.40. The molecule has 2 atom stereocenters. The van der Waals surface area contributed by atoms with Gasteiger partial charge in [-0.3, -0.25) is 4.79 Å². The molecule has 0 N–H and O–H groups in total. The van der Waals surface area contributed by atoms with E-state index < -0.39 is 0 Å². The van der Waals surface area contributed by atoms with Crippen molar-refractivity contribution in [1.82, 2.24) is 0 Å². The Morgan fingerprint density at radius 2 is 1.75 bits per heavy atom. The van der Waals surface area contributed by atoms with Crippen molar-refractivity contribution in [2.45, 2.75) is 64.2 Å². The Labute approximate surface area is 122 Å². The highest BCUT2D eigenvalue weighted by molar-refractivity contribution is 5.74. The number of aldehydes is 1. The average Bonchev–Trinajstić information content (AvgIpc) is 2.94. The van der Waals surface area contributed by atoms with Gasteiger partial charge in [0.05, 0.1) is 0 Å². The lowest BCUT2D eigenvalue weighted by Crippen LogP contribution is -2.28. The van der Waals surface area contributed by atoms with Gasteiger partial charge in [0, 0.05) is 5.56 Å². The Morgan fingerprint density at radius 1 is 1.10 bits per heavy atom. The summed E-state index contributed by atoms with van der Waals surface area (Å²) in [5, 5.41) is 0. The van der Waals surface area contributed by atoms with Crippen molar-refractivity contribution in [2.24, 2.45) is 11.3 Å². The largest absolute Gasteiger partial charge is 0.298 e. The highest BCUT2D eigenvalue weighted by atomic mass is 16.1. The molecule has 0 radical (unpaired) electrons. The number of hydrogen-bond donors (Lipinski definition) is 0. The van der Waals surface area contributed by atoms with Gasteiger partial charge < -0.3 is 0 Å². The molecule has 2 unspecified atom stereocenters. The molecule has 2 fully saturated rings. The minimum absolute atomic E-state index is 0.633. The summed E-state index contributed by atoms with van der Waals surface area (Å²) in [6, 6.07) is 8.24. The van der Waals surface area contributed by atoms with E-state index in [2.05, 4.69) is 19.1 Å². The SMILES string of the molecule is CC(c1ccc(C=O)cc1)C1CCCC2(CCCC2)C1. The van der Waals surface area contributed by atoms with E-state index in [0.717, 1.165) is 17.8 Å². The molecule has 1 spiro atoms. The second-order valence-corrected chi connectivity index (χ2v) is 7.14. The quantitative estimate of drug-likeness (QED) is 0.676. The van der Waals surface area contributed by atoms with E-state index in [1.165, 1.54) is 56.9 Å². The minimum atomic E-state index is 0.633. The van der Waals surface area contributed by atoms with E-state index >= 15 is 0 Å². The molecule has 0 heterocycles. The van der Waals surface area contributed by atoms with Crippen LogP contribution in [0.25, 0.3) is 0 Å². The van der Waals surface area contributed by atoms with Gasteiger partial charge in [-0.15, -0.1) is 0 Å². The number of hydrogen-bond acceptors (Lipinski definition) is 1. The first-order valence-electron chi connectivity index (χ1n) is 8.28. The molecule has 0 aliphatic heterocycles. The molecule has 0 amide bonds. The molecule has 0 saturated heterocycles. The highest BCUT2D eigenvalue weighted by Crippen LogP contribution is 2.53. The molecule has 2 aliphatic carbocycles. The predicted octanol–water partition coefficient (Wildman–Crippen LogP) is 5.35. The Bertz CT molecular complexity index is 453.